The van der Waals surface area contributed by atoms with E-state index in [1.165, 1.54) is 0 Å². The number of hydrogen-bond donors (Lipinski definition) is 2. The number of rotatable bonds is 1. The number of nitrogens with zero attached hydrogens (tertiary/aromatic N) is 1. The summed E-state index contributed by atoms with van der Waals surface area (Å²) in [6.07, 6.45) is 3.07. The molecule has 4 nitrogen and oxygen atoms in total. The number of carboxylic acid groups (broad SMARTS) is 1. The Morgan fingerprint density at radius 3 is 3.31 bits per heavy atom. The molecule has 1 aliphatic heterocycles. The number of hydrogen-bond acceptors (Lipinski definition) is 3. The first kappa shape index (κ1) is 8.04. The summed E-state index contributed by atoms with van der Waals surface area (Å²) in [6, 6.07) is 3.20. The molecule has 0 aromatic carbocycles. The summed E-state index contributed by atoms with van der Waals surface area (Å²) in [6.45, 7) is 0. The standard InChI is InChI=1S/C9H10N2O2/c12-9(13)8-4-3-6-7(11-8)2-1-5-10-6/h1-2,5,8,11H,3-4H2,(H,12,13). The zero-order valence-electron chi connectivity index (χ0n) is 7.03. The molecule has 0 saturated carbocycles. The van der Waals surface area contributed by atoms with Crippen molar-refractivity contribution >= 4 is 11.7 Å². The van der Waals surface area contributed by atoms with E-state index in [4.69, 9.17) is 5.11 Å². The lowest BCUT2D eigenvalue weighted by molar-refractivity contribution is -0.138. The van der Waals surface area contributed by atoms with E-state index in [2.05, 4.69) is 10.3 Å². The van der Waals surface area contributed by atoms with Crippen molar-refractivity contribution in [2.45, 2.75) is 18.9 Å². The van der Waals surface area contributed by atoms with Crippen LogP contribution in [0.5, 0.6) is 0 Å². The van der Waals surface area contributed by atoms with Crippen LogP contribution in [-0.4, -0.2) is 22.1 Å². The summed E-state index contributed by atoms with van der Waals surface area (Å²) in [7, 11) is 0. The average Bonchev–Trinajstić information content (AvgIpc) is 2.17. The summed E-state index contributed by atoms with van der Waals surface area (Å²) in [5.41, 5.74) is 1.81. The van der Waals surface area contributed by atoms with Crippen molar-refractivity contribution in [3.05, 3.63) is 24.0 Å². The molecule has 2 heterocycles. The van der Waals surface area contributed by atoms with E-state index in [1.54, 1.807) is 12.3 Å². The highest BCUT2D eigenvalue weighted by Crippen LogP contribution is 2.21. The van der Waals surface area contributed by atoms with Crippen molar-refractivity contribution in [2.24, 2.45) is 0 Å². The van der Waals surface area contributed by atoms with Crippen molar-refractivity contribution in [1.82, 2.24) is 4.98 Å². The molecule has 0 spiro atoms. The van der Waals surface area contributed by atoms with Crippen LogP contribution in [0.4, 0.5) is 5.69 Å². The molecular formula is C9H10N2O2. The van der Waals surface area contributed by atoms with Gasteiger partial charge in [-0.1, -0.05) is 0 Å². The summed E-state index contributed by atoms with van der Waals surface area (Å²) in [4.78, 5) is 14.8. The van der Waals surface area contributed by atoms with Gasteiger partial charge in [-0.2, -0.15) is 0 Å². The molecule has 0 saturated heterocycles. The van der Waals surface area contributed by atoms with Crippen LogP contribution in [0, 0.1) is 0 Å². The van der Waals surface area contributed by atoms with Crippen LogP contribution in [0.1, 0.15) is 12.1 Å². The van der Waals surface area contributed by atoms with Gasteiger partial charge in [-0.15, -0.1) is 0 Å². The quantitative estimate of drug-likeness (QED) is 0.670. The van der Waals surface area contributed by atoms with Gasteiger partial charge < -0.3 is 10.4 Å². The molecule has 0 amide bonds. The second-order valence-corrected chi connectivity index (χ2v) is 3.07. The van der Waals surface area contributed by atoms with Crippen molar-refractivity contribution in [1.29, 1.82) is 0 Å². The van der Waals surface area contributed by atoms with Gasteiger partial charge in [-0.25, -0.2) is 4.79 Å². The minimum absolute atomic E-state index is 0.461. The van der Waals surface area contributed by atoms with E-state index in [-0.39, 0.29) is 0 Å². The number of carbonyl (C=O) groups is 1. The number of aryl methyl sites for hydroxylation is 1. The van der Waals surface area contributed by atoms with Gasteiger partial charge in [-0.05, 0) is 25.0 Å². The van der Waals surface area contributed by atoms with E-state index in [9.17, 15) is 4.79 Å². The summed E-state index contributed by atoms with van der Waals surface area (Å²) in [5.74, 6) is -0.797. The largest absolute Gasteiger partial charge is 0.480 e. The molecular weight excluding hydrogens is 168 g/mol. The first-order valence-electron chi connectivity index (χ1n) is 4.20. The fourth-order valence-electron chi connectivity index (χ4n) is 1.49. The molecule has 68 valence electrons. The minimum atomic E-state index is -0.797. The maximum absolute atomic E-state index is 10.7. The summed E-state index contributed by atoms with van der Waals surface area (Å²) < 4.78 is 0. The lowest BCUT2D eigenvalue weighted by Gasteiger charge is -2.22. The fourth-order valence-corrected chi connectivity index (χ4v) is 1.49. The van der Waals surface area contributed by atoms with Gasteiger partial charge in [0.25, 0.3) is 0 Å². The Balaban J connectivity index is 2.24. The molecule has 0 radical (unpaired) electrons. The third kappa shape index (κ3) is 1.47. The Bertz CT molecular complexity index is 338. The number of aromatic nitrogens is 1. The van der Waals surface area contributed by atoms with Crippen molar-refractivity contribution in [3.8, 4) is 0 Å². The van der Waals surface area contributed by atoms with E-state index in [0.29, 0.717) is 6.42 Å². The predicted molar refractivity (Wildman–Crippen MR) is 47.6 cm³/mol. The van der Waals surface area contributed by atoms with Crippen molar-refractivity contribution in [3.63, 3.8) is 0 Å². The molecule has 1 aromatic rings. The number of anilines is 1. The highest BCUT2D eigenvalue weighted by atomic mass is 16.4. The van der Waals surface area contributed by atoms with E-state index in [1.807, 2.05) is 6.07 Å². The van der Waals surface area contributed by atoms with Gasteiger partial charge in [0.05, 0.1) is 11.4 Å². The lowest BCUT2D eigenvalue weighted by atomic mass is 10.0. The Kier molecular flexibility index (Phi) is 1.88. The Morgan fingerprint density at radius 1 is 1.69 bits per heavy atom. The third-order valence-corrected chi connectivity index (χ3v) is 2.19. The normalized spacial score (nSPS) is 20.2. The number of carboxylic acids is 1. The molecule has 2 rings (SSSR count). The number of fused-ring (bicyclic) bond motifs is 1. The average molecular weight is 178 g/mol. The molecule has 1 aliphatic rings. The van der Waals surface area contributed by atoms with Gasteiger partial charge >= 0.3 is 5.97 Å². The van der Waals surface area contributed by atoms with E-state index in [0.717, 1.165) is 17.8 Å². The second-order valence-electron chi connectivity index (χ2n) is 3.07. The predicted octanol–water partition coefficient (Wildman–Crippen LogP) is 0.893. The van der Waals surface area contributed by atoms with Gasteiger partial charge in [0.15, 0.2) is 0 Å². The zero-order chi connectivity index (χ0) is 9.26. The summed E-state index contributed by atoms with van der Waals surface area (Å²) in [5, 5.41) is 11.7. The highest BCUT2D eigenvalue weighted by molar-refractivity contribution is 5.78. The smallest absolute Gasteiger partial charge is 0.326 e. The van der Waals surface area contributed by atoms with Gasteiger partial charge in [0, 0.05) is 6.20 Å². The minimum Gasteiger partial charge on any atom is -0.480 e. The number of pyridine rings is 1. The fraction of sp³-hybridized carbons (Fsp3) is 0.333. The summed E-state index contributed by atoms with van der Waals surface area (Å²) >= 11 is 0. The molecule has 0 bridgehead atoms. The molecule has 0 aliphatic carbocycles. The van der Waals surface area contributed by atoms with Crippen LogP contribution in [0.25, 0.3) is 0 Å². The monoisotopic (exact) mass is 178 g/mol. The molecule has 1 atom stereocenters. The van der Waals surface area contributed by atoms with Gasteiger partial charge in [-0.3, -0.25) is 4.98 Å². The van der Waals surface area contributed by atoms with Crippen LogP contribution >= 0.6 is 0 Å². The zero-order valence-corrected chi connectivity index (χ0v) is 7.03. The van der Waals surface area contributed by atoms with Crippen LogP contribution < -0.4 is 5.32 Å². The van der Waals surface area contributed by atoms with E-state index < -0.39 is 12.0 Å². The van der Waals surface area contributed by atoms with Crippen molar-refractivity contribution in [2.75, 3.05) is 5.32 Å². The van der Waals surface area contributed by atoms with Crippen molar-refractivity contribution < 1.29 is 9.90 Å². The maximum atomic E-state index is 10.7. The van der Waals surface area contributed by atoms with Gasteiger partial charge in [0.1, 0.15) is 6.04 Å². The molecule has 2 N–H and O–H groups in total. The topological polar surface area (TPSA) is 62.2 Å². The number of aliphatic carboxylic acids is 1. The Hall–Kier alpha value is -1.58. The van der Waals surface area contributed by atoms with Crippen LogP contribution in [0.3, 0.4) is 0 Å². The Morgan fingerprint density at radius 2 is 2.54 bits per heavy atom. The molecule has 1 unspecified atom stereocenters. The van der Waals surface area contributed by atoms with E-state index >= 15 is 0 Å². The number of nitrogens with one attached hydrogen (secondary N) is 1. The molecule has 4 heteroatoms. The van der Waals surface area contributed by atoms with Crippen LogP contribution in [0.2, 0.25) is 0 Å². The molecule has 0 fully saturated rings. The SMILES string of the molecule is O=C(O)C1CCc2ncccc2N1. The Labute approximate surface area is 75.6 Å². The third-order valence-electron chi connectivity index (χ3n) is 2.19. The molecule has 13 heavy (non-hydrogen) atoms. The highest BCUT2D eigenvalue weighted by Gasteiger charge is 2.23. The molecule has 1 aromatic heterocycles. The first-order chi connectivity index (χ1) is 6.27. The maximum Gasteiger partial charge on any atom is 0.326 e. The van der Waals surface area contributed by atoms with Crippen LogP contribution in [-0.2, 0) is 11.2 Å². The first-order valence-corrected chi connectivity index (χ1v) is 4.20. The van der Waals surface area contributed by atoms with Crippen LogP contribution in [0.15, 0.2) is 18.3 Å². The van der Waals surface area contributed by atoms with Gasteiger partial charge in [0.2, 0.25) is 0 Å². The lowest BCUT2D eigenvalue weighted by Crippen LogP contribution is -2.33. The second kappa shape index (κ2) is 3.05.